The minimum Gasteiger partial charge on any atom is -0.497 e. The normalized spacial score (nSPS) is 11.7. The minimum atomic E-state index is -0.515. The van der Waals surface area contributed by atoms with Crippen molar-refractivity contribution in [2.75, 3.05) is 12.4 Å². The van der Waals surface area contributed by atoms with Gasteiger partial charge in [-0.05, 0) is 54.3 Å². The molecule has 1 atom stereocenters. The first-order valence-electron chi connectivity index (χ1n) is 9.26. The first kappa shape index (κ1) is 20.1. The molecule has 7 heteroatoms. The smallest absolute Gasteiger partial charge is 0.291 e. The van der Waals surface area contributed by atoms with Crippen LogP contribution in [0.3, 0.4) is 0 Å². The van der Waals surface area contributed by atoms with Gasteiger partial charge in [-0.25, -0.2) is 0 Å². The van der Waals surface area contributed by atoms with Gasteiger partial charge in [-0.3, -0.25) is 14.9 Å². The van der Waals surface area contributed by atoms with Crippen molar-refractivity contribution >= 4 is 17.3 Å². The van der Waals surface area contributed by atoms with E-state index in [4.69, 9.17) is 9.15 Å². The number of carbonyl (C=O) groups excluding carboxylic acids is 1. The third-order valence-corrected chi connectivity index (χ3v) is 4.85. The van der Waals surface area contributed by atoms with Crippen molar-refractivity contribution in [2.24, 2.45) is 0 Å². The predicted molar refractivity (Wildman–Crippen MR) is 110 cm³/mol. The Morgan fingerprint density at radius 1 is 1.17 bits per heavy atom. The van der Waals surface area contributed by atoms with Gasteiger partial charge in [0.15, 0.2) is 5.76 Å². The Balaban J connectivity index is 1.79. The summed E-state index contributed by atoms with van der Waals surface area (Å²) in [4.78, 5) is 23.4. The lowest BCUT2D eigenvalue weighted by molar-refractivity contribution is -0.384. The van der Waals surface area contributed by atoms with Gasteiger partial charge in [-0.15, -0.1) is 0 Å². The van der Waals surface area contributed by atoms with Crippen molar-refractivity contribution < 1.29 is 18.9 Å². The molecule has 0 spiro atoms. The first-order valence-corrected chi connectivity index (χ1v) is 9.26. The van der Waals surface area contributed by atoms with Crippen LogP contribution in [-0.4, -0.2) is 17.9 Å². The quantitative estimate of drug-likeness (QED) is 0.414. The number of anilines is 1. The van der Waals surface area contributed by atoms with Gasteiger partial charge in [0, 0.05) is 5.69 Å². The van der Waals surface area contributed by atoms with E-state index in [2.05, 4.69) is 19.2 Å². The van der Waals surface area contributed by atoms with E-state index < -0.39 is 10.8 Å². The zero-order valence-corrected chi connectivity index (χ0v) is 16.5. The van der Waals surface area contributed by atoms with Gasteiger partial charge < -0.3 is 14.5 Å². The summed E-state index contributed by atoms with van der Waals surface area (Å²) in [6, 6.07) is 15.1. The van der Waals surface area contributed by atoms with Crippen LogP contribution < -0.4 is 10.1 Å². The number of nitrogens with zero attached hydrogens (tertiary/aromatic N) is 1. The average molecular weight is 394 g/mol. The van der Waals surface area contributed by atoms with Gasteiger partial charge in [-0.1, -0.05) is 26.0 Å². The van der Waals surface area contributed by atoms with E-state index in [1.165, 1.54) is 36.9 Å². The Hall–Kier alpha value is -3.61. The SMILES string of the molecule is CCC(C)c1ccc(NC(=O)c2ccc(-c3ccc(OC)cc3[N+](=O)[O-])o2)cc1. The van der Waals surface area contributed by atoms with Crippen LogP contribution in [0.4, 0.5) is 11.4 Å². The predicted octanol–water partition coefficient (Wildman–Crippen LogP) is 5.63. The molecule has 150 valence electrons. The molecule has 2 aromatic carbocycles. The fourth-order valence-electron chi connectivity index (χ4n) is 2.93. The summed E-state index contributed by atoms with van der Waals surface area (Å²) in [5.74, 6) is 0.690. The lowest BCUT2D eigenvalue weighted by Gasteiger charge is -2.10. The lowest BCUT2D eigenvalue weighted by atomic mass is 9.99. The first-order chi connectivity index (χ1) is 13.9. The number of rotatable bonds is 7. The molecule has 3 rings (SSSR count). The highest BCUT2D eigenvalue weighted by Gasteiger charge is 2.21. The van der Waals surface area contributed by atoms with Gasteiger partial charge >= 0.3 is 0 Å². The van der Waals surface area contributed by atoms with Crippen LogP contribution in [0.25, 0.3) is 11.3 Å². The molecular weight excluding hydrogens is 372 g/mol. The maximum Gasteiger partial charge on any atom is 0.291 e. The van der Waals surface area contributed by atoms with Crippen molar-refractivity contribution in [3.05, 3.63) is 76.0 Å². The molecule has 7 nitrogen and oxygen atoms in total. The number of amides is 1. The molecule has 0 aliphatic rings. The molecule has 1 aromatic heterocycles. The molecule has 0 saturated carbocycles. The number of nitro groups is 1. The second kappa shape index (κ2) is 8.60. The molecule has 0 fully saturated rings. The topological polar surface area (TPSA) is 94.6 Å². The van der Waals surface area contributed by atoms with Crippen molar-refractivity contribution in [1.82, 2.24) is 0 Å². The van der Waals surface area contributed by atoms with Crippen LogP contribution in [0.2, 0.25) is 0 Å². The van der Waals surface area contributed by atoms with Crippen molar-refractivity contribution in [2.45, 2.75) is 26.2 Å². The number of nitro benzene ring substituents is 1. The fourth-order valence-corrected chi connectivity index (χ4v) is 2.93. The van der Waals surface area contributed by atoms with E-state index >= 15 is 0 Å². The Morgan fingerprint density at radius 2 is 1.90 bits per heavy atom. The van der Waals surface area contributed by atoms with Gasteiger partial charge in [0.25, 0.3) is 11.6 Å². The van der Waals surface area contributed by atoms with E-state index in [1.54, 1.807) is 6.07 Å². The molecule has 0 radical (unpaired) electrons. The zero-order valence-electron chi connectivity index (χ0n) is 16.5. The Labute approximate surface area is 168 Å². The molecular formula is C22H22N2O5. The van der Waals surface area contributed by atoms with Crippen molar-refractivity contribution in [3.63, 3.8) is 0 Å². The van der Waals surface area contributed by atoms with E-state index in [9.17, 15) is 14.9 Å². The number of furan rings is 1. The van der Waals surface area contributed by atoms with Crippen LogP contribution >= 0.6 is 0 Å². The van der Waals surface area contributed by atoms with Crippen LogP contribution in [0.1, 0.15) is 42.3 Å². The standard InChI is InChI=1S/C22H22N2O5/c1-4-14(2)15-5-7-16(8-6-15)23-22(25)21-12-11-20(29-21)18-10-9-17(28-3)13-19(18)24(26)27/h5-14H,4H2,1-3H3,(H,23,25). The number of benzene rings is 2. The van der Waals surface area contributed by atoms with E-state index in [1.807, 2.05) is 24.3 Å². The van der Waals surface area contributed by atoms with Crippen molar-refractivity contribution in [3.8, 4) is 17.1 Å². The lowest BCUT2D eigenvalue weighted by Crippen LogP contribution is -2.10. The van der Waals surface area contributed by atoms with Gasteiger partial charge in [0.05, 0.1) is 23.7 Å². The maximum atomic E-state index is 12.5. The largest absolute Gasteiger partial charge is 0.497 e. The highest BCUT2D eigenvalue weighted by atomic mass is 16.6. The summed E-state index contributed by atoms with van der Waals surface area (Å²) < 4.78 is 10.6. The molecule has 0 aliphatic heterocycles. The Bertz CT molecular complexity index is 1020. The highest BCUT2D eigenvalue weighted by molar-refractivity contribution is 6.02. The highest BCUT2D eigenvalue weighted by Crippen LogP contribution is 2.34. The van der Waals surface area contributed by atoms with Crippen LogP contribution in [0.5, 0.6) is 5.75 Å². The Kier molecular flexibility index (Phi) is 5.97. The third-order valence-electron chi connectivity index (χ3n) is 4.85. The minimum absolute atomic E-state index is 0.0659. The number of hydrogen-bond acceptors (Lipinski definition) is 5. The molecule has 29 heavy (non-hydrogen) atoms. The fraction of sp³-hybridized carbons (Fsp3) is 0.227. The Morgan fingerprint density at radius 3 is 2.52 bits per heavy atom. The number of ether oxygens (including phenoxy) is 1. The molecule has 0 saturated heterocycles. The second-order valence-electron chi connectivity index (χ2n) is 6.69. The monoisotopic (exact) mass is 394 g/mol. The van der Waals surface area contributed by atoms with Crippen LogP contribution in [-0.2, 0) is 0 Å². The third kappa shape index (κ3) is 4.45. The summed E-state index contributed by atoms with van der Waals surface area (Å²) in [5.41, 5.74) is 1.96. The molecule has 1 heterocycles. The van der Waals surface area contributed by atoms with E-state index in [-0.39, 0.29) is 22.8 Å². The molecule has 1 amide bonds. The zero-order chi connectivity index (χ0) is 21.0. The van der Waals surface area contributed by atoms with Crippen LogP contribution in [0, 0.1) is 10.1 Å². The molecule has 3 aromatic rings. The molecule has 1 N–H and O–H groups in total. The summed E-state index contributed by atoms with van der Waals surface area (Å²) >= 11 is 0. The number of carbonyl (C=O) groups is 1. The molecule has 1 unspecified atom stereocenters. The summed E-state index contributed by atoms with van der Waals surface area (Å²) in [7, 11) is 1.43. The summed E-state index contributed by atoms with van der Waals surface area (Å²) in [6.07, 6.45) is 1.04. The van der Waals surface area contributed by atoms with Gasteiger partial charge in [0.2, 0.25) is 0 Å². The van der Waals surface area contributed by atoms with Crippen LogP contribution in [0.15, 0.2) is 59.0 Å². The number of hydrogen-bond donors (Lipinski definition) is 1. The van der Waals surface area contributed by atoms with Gasteiger partial charge in [0.1, 0.15) is 11.5 Å². The van der Waals surface area contributed by atoms with Gasteiger partial charge in [-0.2, -0.15) is 0 Å². The van der Waals surface area contributed by atoms with E-state index in [0.717, 1.165) is 6.42 Å². The average Bonchev–Trinajstić information content (AvgIpc) is 3.23. The van der Waals surface area contributed by atoms with E-state index in [0.29, 0.717) is 17.4 Å². The second-order valence-corrected chi connectivity index (χ2v) is 6.69. The number of nitrogens with one attached hydrogen (secondary N) is 1. The summed E-state index contributed by atoms with van der Waals surface area (Å²) in [5, 5.41) is 14.1. The number of methoxy groups -OCH3 is 1. The molecule has 0 bridgehead atoms. The maximum absolute atomic E-state index is 12.5. The van der Waals surface area contributed by atoms with Crippen molar-refractivity contribution in [1.29, 1.82) is 0 Å². The molecule has 0 aliphatic carbocycles. The summed E-state index contributed by atoms with van der Waals surface area (Å²) in [6.45, 7) is 4.28.